The molecule has 190 valence electrons. The van der Waals surface area contributed by atoms with Crippen molar-refractivity contribution in [2.24, 2.45) is 0 Å². The lowest BCUT2D eigenvalue weighted by Gasteiger charge is -2.29. The van der Waals surface area contributed by atoms with Crippen molar-refractivity contribution in [2.45, 2.75) is 33.7 Å². The molecule has 10 nitrogen and oxygen atoms in total. The molecule has 2 N–H and O–H groups in total. The second-order valence-corrected chi connectivity index (χ2v) is 9.26. The van der Waals surface area contributed by atoms with Gasteiger partial charge >= 0.3 is 5.69 Å². The van der Waals surface area contributed by atoms with Crippen molar-refractivity contribution < 1.29 is 9.72 Å². The molecule has 0 spiro atoms. The van der Waals surface area contributed by atoms with E-state index in [2.05, 4.69) is 26.3 Å². The summed E-state index contributed by atoms with van der Waals surface area (Å²) < 4.78 is 0. The Morgan fingerprint density at radius 1 is 1.16 bits per heavy atom. The summed E-state index contributed by atoms with van der Waals surface area (Å²) in [6.45, 7) is 7.05. The summed E-state index contributed by atoms with van der Waals surface area (Å²) in [5, 5.41) is 16.5. The Morgan fingerprint density at radius 2 is 1.92 bits per heavy atom. The van der Waals surface area contributed by atoms with E-state index in [1.165, 1.54) is 17.3 Å². The van der Waals surface area contributed by atoms with Crippen LogP contribution in [0.5, 0.6) is 0 Å². The van der Waals surface area contributed by atoms with Gasteiger partial charge in [-0.25, -0.2) is 9.97 Å². The van der Waals surface area contributed by atoms with E-state index in [-0.39, 0.29) is 29.8 Å². The third kappa shape index (κ3) is 4.57. The number of hydrogen-bond acceptors (Lipinski definition) is 7. The Hall–Kier alpha value is -4.47. The fraction of sp³-hybridized carbons (Fsp3) is 0.296. The van der Waals surface area contributed by atoms with E-state index in [0.29, 0.717) is 19.6 Å². The molecule has 0 fully saturated rings. The van der Waals surface area contributed by atoms with E-state index in [0.717, 1.165) is 34.4 Å². The summed E-state index contributed by atoms with van der Waals surface area (Å²) in [5.41, 5.74) is 5.79. The maximum absolute atomic E-state index is 13.0. The largest absolute Gasteiger partial charge is 0.357 e. The molecule has 1 aliphatic heterocycles. The number of aromatic nitrogens is 3. The number of H-pyrrole nitrogens is 1. The molecule has 0 aliphatic carbocycles. The quantitative estimate of drug-likeness (QED) is 0.283. The Morgan fingerprint density at radius 3 is 2.65 bits per heavy atom. The van der Waals surface area contributed by atoms with E-state index in [1.807, 2.05) is 62.1 Å². The molecule has 0 radical (unpaired) electrons. The van der Waals surface area contributed by atoms with Gasteiger partial charge < -0.3 is 20.1 Å². The number of amides is 1. The first-order chi connectivity index (χ1) is 17.9. The molecule has 3 heterocycles. The minimum Gasteiger partial charge on any atom is -0.357 e. The summed E-state index contributed by atoms with van der Waals surface area (Å²) in [6, 6.07) is 13.9. The molecule has 2 aromatic carbocycles. The van der Waals surface area contributed by atoms with Crippen LogP contribution in [0.3, 0.4) is 0 Å². The van der Waals surface area contributed by atoms with Gasteiger partial charge in [-0.15, -0.1) is 0 Å². The van der Waals surface area contributed by atoms with Crippen molar-refractivity contribution in [3.8, 4) is 0 Å². The van der Waals surface area contributed by atoms with Crippen LogP contribution in [0.2, 0.25) is 0 Å². The summed E-state index contributed by atoms with van der Waals surface area (Å²) in [7, 11) is 0. The number of nitrogens with zero attached hydrogens (tertiary/aromatic N) is 5. The number of para-hydroxylation sites is 2. The molecule has 0 atom stereocenters. The number of likely N-dealkylation sites (N-methyl/N-ethyl adjacent to an activating group) is 1. The van der Waals surface area contributed by atoms with Gasteiger partial charge in [-0.3, -0.25) is 14.9 Å². The number of aromatic amines is 1. The lowest BCUT2D eigenvalue weighted by molar-refractivity contribution is -0.383. The molecular formula is C27H29N7O3. The van der Waals surface area contributed by atoms with Gasteiger partial charge in [0, 0.05) is 35.4 Å². The molecule has 1 aliphatic rings. The number of benzene rings is 2. The Kier molecular flexibility index (Phi) is 6.47. The van der Waals surface area contributed by atoms with E-state index in [4.69, 9.17) is 0 Å². The van der Waals surface area contributed by atoms with Crippen molar-refractivity contribution in [3.63, 3.8) is 0 Å². The first-order valence-corrected chi connectivity index (χ1v) is 12.3. The fourth-order valence-corrected chi connectivity index (χ4v) is 5.06. The van der Waals surface area contributed by atoms with Crippen LogP contribution < -0.4 is 15.1 Å². The molecular weight excluding hydrogens is 470 g/mol. The molecule has 0 bridgehead atoms. The Balaban J connectivity index is 1.43. The van der Waals surface area contributed by atoms with Crippen LogP contribution in [0.25, 0.3) is 10.9 Å². The average Bonchev–Trinajstić information content (AvgIpc) is 3.27. The summed E-state index contributed by atoms with van der Waals surface area (Å²) in [5.74, 6) is 0.124. The van der Waals surface area contributed by atoms with Crippen LogP contribution >= 0.6 is 0 Å². The predicted molar refractivity (Wildman–Crippen MR) is 144 cm³/mol. The van der Waals surface area contributed by atoms with Gasteiger partial charge in [-0.05, 0) is 49.9 Å². The maximum atomic E-state index is 13.0. The summed E-state index contributed by atoms with van der Waals surface area (Å²) >= 11 is 0. The highest BCUT2D eigenvalue weighted by Gasteiger charge is 2.32. The minimum absolute atomic E-state index is 0.0757. The number of carbonyl (C=O) groups is 1. The zero-order valence-corrected chi connectivity index (χ0v) is 21.1. The highest BCUT2D eigenvalue weighted by atomic mass is 16.6. The van der Waals surface area contributed by atoms with E-state index >= 15 is 0 Å². The lowest BCUT2D eigenvalue weighted by Crippen LogP contribution is -2.36. The molecule has 37 heavy (non-hydrogen) atoms. The predicted octanol–water partition coefficient (Wildman–Crippen LogP) is 4.51. The number of aryl methyl sites for hydroxylation is 2. The fourth-order valence-electron chi connectivity index (χ4n) is 5.06. The number of rotatable bonds is 7. The highest BCUT2D eigenvalue weighted by molar-refractivity contribution is 5.96. The lowest BCUT2D eigenvalue weighted by atomic mass is 10.0. The van der Waals surface area contributed by atoms with Crippen LogP contribution in [0.15, 0.2) is 48.8 Å². The zero-order valence-electron chi connectivity index (χ0n) is 21.1. The molecule has 5 rings (SSSR count). The molecule has 0 saturated carbocycles. The third-order valence-corrected chi connectivity index (χ3v) is 6.91. The van der Waals surface area contributed by atoms with Crippen LogP contribution in [-0.2, 0) is 17.8 Å². The second kappa shape index (κ2) is 9.88. The number of fused-ring (bicyclic) bond motifs is 3. The number of nitrogens with one attached hydrogen (secondary N) is 2. The van der Waals surface area contributed by atoms with Gasteiger partial charge in [-0.1, -0.05) is 36.4 Å². The Bertz CT molecular complexity index is 1480. The van der Waals surface area contributed by atoms with Crippen molar-refractivity contribution in [1.29, 1.82) is 0 Å². The van der Waals surface area contributed by atoms with Crippen LogP contribution in [0, 0.1) is 24.0 Å². The van der Waals surface area contributed by atoms with Crippen molar-refractivity contribution in [2.75, 3.05) is 34.8 Å². The molecule has 10 heteroatoms. The van der Waals surface area contributed by atoms with Gasteiger partial charge in [0.2, 0.25) is 17.5 Å². The van der Waals surface area contributed by atoms with Crippen LogP contribution in [0.4, 0.5) is 23.0 Å². The highest BCUT2D eigenvalue weighted by Crippen LogP contribution is 2.37. The van der Waals surface area contributed by atoms with Gasteiger partial charge in [0.05, 0.1) is 18.0 Å². The van der Waals surface area contributed by atoms with Crippen LogP contribution in [0.1, 0.15) is 29.3 Å². The SMILES string of the molecule is CCN(CC(=O)Nc1c(C)cccc1C)c1ncnc(N2CCc3c([nH]c4ccccc34)C2)c1[N+](=O)[O-]. The van der Waals surface area contributed by atoms with Gasteiger partial charge in [-0.2, -0.15) is 0 Å². The average molecular weight is 500 g/mol. The molecule has 2 aromatic heterocycles. The monoisotopic (exact) mass is 499 g/mol. The number of nitro groups is 1. The molecule has 4 aromatic rings. The molecule has 0 unspecified atom stereocenters. The van der Waals surface area contributed by atoms with Crippen molar-refractivity contribution in [3.05, 3.63) is 81.3 Å². The zero-order chi connectivity index (χ0) is 26.1. The normalized spacial score (nSPS) is 12.9. The van der Waals surface area contributed by atoms with E-state index in [1.54, 1.807) is 4.90 Å². The van der Waals surface area contributed by atoms with Gasteiger partial charge in [0.1, 0.15) is 6.33 Å². The van der Waals surface area contributed by atoms with Crippen molar-refractivity contribution >= 4 is 39.8 Å². The third-order valence-electron chi connectivity index (χ3n) is 6.91. The topological polar surface area (TPSA) is 120 Å². The van der Waals surface area contributed by atoms with E-state index in [9.17, 15) is 14.9 Å². The minimum atomic E-state index is -0.447. The number of hydrogen-bond donors (Lipinski definition) is 2. The second-order valence-electron chi connectivity index (χ2n) is 9.26. The van der Waals surface area contributed by atoms with Gasteiger partial charge in [0.15, 0.2) is 0 Å². The van der Waals surface area contributed by atoms with Crippen LogP contribution in [-0.4, -0.2) is 45.4 Å². The smallest absolute Gasteiger partial charge is 0.353 e. The van der Waals surface area contributed by atoms with Gasteiger partial charge in [0.25, 0.3) is 0 Å². The summed E-state index contributed by atoms with van der Waals surface area (Å²) in [6.07, 6.45) is 2.08. The maximum Gasteiger partial charge on any atom is 0.353 e. The number of anilines is 3. The standard InChI is InChI=1S/C27H29N7O3/c1-4-32(15-23(35)31-24-17(2)8-7-9-18(24)3)26-25(34(36)37)27(29-16-28-26)33-13-12-20-19-10-5-6-11-21(19)30-22(20)14-33/h5-11,16,30H,4,12-15H2,1-3H3,(H,31,35). The first-order valence-electron chi connectivity index (χ1n) is 12.3. The van der Waals surface area contributed by atoms with E-state index < -0.39 is 4.92 Å². The number of carbonyl (C=O) groups excluding carboxylic acids is 1. The summed E-state index contributed by atoms with van der Waals surface area (Å²) in [4.78, 5) is 40.4. The Labute approximate surface area is 214 Å². The molecule has 0 saturated heterocycles. The molecule has 1 amide bonds. The van der Waals surface area contributed by atoms with Crippen molar-refractivity contribution in [1.82, 2.24) is 15.0 Å². The first kappa shape index (κ1) is 24.2.